The number of likely N-dealkylation sites (N-methyl/N-ethyl adjacent to an activating group) is 1. The summed E-state index contributed by atoms with van der Waals surface area (Å²) in [6, 6.07) is 4.27. The van der Waals surface area contributed by atoms with Gasteiger partial charge in [-0.15, -0.1) is 0 Å². The number of halogens is 1. The molecule has 0 saturated carbocycles. The van der Waals surface area contributed by atoms with Crippen LogP contribution in [0.4, 0.5) is 10.1 Å². The molecule has 0 aromatic heterocycles. The first kappa shape index (κ1) is 10.1. The van der Waals surface area contributed by atoms with Crippen LogP contribution in [0.5, 0.6) is 0 Å². The third-order valence-corrected chi connectivity index (χ3v) is 2.96. The summed E-state index contributed by atoms with van der Waals surface area (Å²) in [5, 5.41) is 0. The summed E-state index contributed by atoms with van der Waals surface area (Å²) in [5.74, 6) is -0.528. The third-order valence-electron chi connectivity index (χ3n) is 2.96. The van der Waals surface area contributed by atoms with E-state index in [2.05, 4.69) is 0 Å². The maximum absolute atomic E-state index is 13.0. The van der Waals surface area contributed by atoms with Gasteiger partial charge >= 0.3 is 0 Å². The van der Waals surface area contributed by atoms with Crippen LogP contribution in [0.3, 0.4) is 0 Å². The van der Waals surface area contributed by atoms with Gasteiger partial charge in [-0.25, -0.2) is 4.39 Å². The molecule has 4 heteroatoms. The number of carbonyl (C=O) groups is 1. The molecular formula is C11H12FNO2. The third kappa shape index (κ3) is 1.18. The van der Waals surface area contributed by atoms with Gasteiger partial charge < -0.3 is 9.64 Å². The number of rotatable bonds is 1. The highest BCUT2D eigenvalue weighted by Gasteiger charge is 2.46. The summed E-state index contributed by atoms with van der Waals surface area (Å²) >= 11 is 0. The van der Waals surface area contributed by atoms with Crippen LogP contribution in [0.25, 0.3) is 0 Å². The van der Waals surface area contributed by atoms with Crippen molar-refractivity contribution in [1.82, 2.24) is 0 Å². The fourth-order valence-corrected chi connectivity index (χ4v) is 1.93. The highest BCUT2D eigenvalue weighted by atomic mass is 19.1. The van der Waals surface area contributed by atoms with E-state index in [4.69, 9.17) is 4.74 Å². The van der Waals surface area contributed by atoms with Crippen molar-refractivity contribution >= 4 is 11.6 Å². The standard InChI is InChI=1S/C11H12FNO2/c1-11(15-3)8-5-4-7(12)6-9(8)13(2)10(11)14/h4-6H,1-3H3. The van der Waals surface area contributed by atoms with Crippen LogP contribution in [0.1, 0.15) is 12.5 Å². The van der Waals surface area contributed by atoms with Crippen molar-refractivity contribution in [3.8, 4) is 0 Å². The van der Waals surface area contributed by atoms with Gasteiger partial charge in [0.25, 0.3) is 5.91 Å². The monoisotopic (exact) mass is 209 g/mol. The number of anilines is 1. The van der Waals surface area contributed by atoms with Gasteiger partial charge in [-0.2, -0.15) is 0 Å². The van der Waals surface area contributed by atoms with E-state index < -0.39 is 5.60 Å². The lowest BCUT2D eigenvalue weighted by Gasteiger charge is -2.20. The Labute approximate surface area is 87.5 Å². The molecule has 1 aromatic carbocycles. The molecule has 3 nitrogen and oxygen atoms in total. The lowest BCUT2D eigenvalue weighted by molar-refractivity contribution is -0.137. The summed E-state index contributed by atoms with van der Waals surface area (Å²) in [7, 11) is 3.09. The molecule has 1 aliphatic heterocycles. The van der Waals surface area contributed by atoms with Crippen LogP contribution >= 0.6 is 0 Å². The molecule has 2 rings (SSSR count). The van der Waals surface area contributed by atoms with Crippen LogP contribution in [0.15, 0.2) is 18.2 Å². The summed E-state index contributed by atoms with van der Waals surface area (Å²) in [4.78, 5) is 13.3. The fraction of sp³-hybridized carbons (Fsp3) is 0.364. The van der Waals surface area contributed by atoms with Gasteiger partial charge in [-0.1, -0.05) is 6.07 Å². The summed E-state index contributed by atoms with van der Waals surface area (Å²) in [5.41, 5.74) is 0.292. The maximum Gasteiger partial charge on any atom is 0.263 e. The largest absolute Gasteiger partial charge is 0.364 e. The number of methoxy groups -OCH3 is 1. The molecule has 0 aliphatic carbocycles. The molecular weight excluding hydrogens is 197 g/mol. The average molecular weight is 209 g/mol. The zero-order valence-corrected chi connectivity index (χ0v) is 8.87. The van der Waals surface area contributed by atoms with Crippen LogP contribution < -0.4 is 4.90 Å². The zero-order valence-electron chi connectivity index (χ0n) is 8.87. The number of benzene rings is 1. The van der Waals surface area contributed by atoms with Crippen molar-refractivity contribution < 1.29 is 13.9 Å². The molecule has 1 aliphatic rings. The second-order valence-corrected chi connectivity index (χ2v) is 3.76. The van der Waals surface area contributed by atoms with Gasteiger partial charge in [0, 0.05) is 19.7 Å². The highest BCUT2D eigenvalue weighted by molar-refractivity contribution is 6.06. The predicted molar refractivity (Wildman–Crippen MR) is 54.2 cm³/mol. The molecule has 0 bridgehead atoms. The molecule has 0 saturated heterocycles. The Bertz CT molecular complexity index is 433. The van der Waals surface area contributed by atoms with Crippen molar-refractivity contribution in [2.75, 3.05) is 19.1 Å². The summed E-state index contributed by atoms with van der Waals surface area (Å²) < 4.78 is 18.3. The van der Waals surface area contributed by atoms with Crippen molar-refractivity contribution in [3.63, 3.8) is 0 Å². The number of fused-ring (bicyclic) bond motifs is 1. The predicted octanol–water partition coefficient (Wildman–Crippen LogP) is 1.66. The average Bonchev–Trinajstić information content (AvgIpc) is 2.42. The lowest BCUT2D eigenvalue weighted by atomic mass is 9.97. The number of amides is 1. The van der Waals surface area contributed by atoms with Gasteiger partial charge in [0.2, 0.25) is 0 Å². The van der Waals surface area contributed by atoms with Gasteiger partial charge in [0.1, 0.15) is 5.82 Å². The Morgan fingerprint density at radius 2 is 2.13 bits per heavy atom. The normalized spacial score (nSPS) is 24.5. The molecule has 1 unspecified atom stereocenters. The quantitative estimate of drug-likeness (QED) is 0.704. The number of hydrogen-bond acceptors (Lipinski definition) is 2. The molecule has 1 atom stereocenters. The SMILES string of the molecule is COC1(C)C(=O)N(C)c2cc(F)ccc21. The van der Waals surface area contributed by atoms with E-state index in [0.29, 0.717) is 11.3 Å². The lowest BCUT2D eigenvalue weighted by Crippen LogP contribution is -2.37. The first-order chi connectivity index (χ1) is 7.00. The highest BCUT2D eigenvalue weighted by Crippen LogP contribution is 2.41. The Balaban J connectivity index is 2.66. The first-order valence-electron chi connectivity index (χ1n) is 4.64. The van der Waals surface area contributed by atoms with Crippen LogP contribution in [0, 0.1) is 5.82 Å². The minimum absolute atomic E-state index is 0.175. The van der Waals surface area contributed by atoms with E-state index in [1.807, 2.05) is 0 Å². The Hall–Kier alpha value is -1.42. The molecule has 1 heterocycles. The van der Waals surface area contributed by atoms with E-state index in [0.717, 1.165) is 0 Å². The molecule has 0 fully saturated rings. The Morgan fingerprint density at radius 1 is 1.47 bits per heavy atom. The van der Waals surface area contributed by atoms with E-state index >= 15 is 0 Å². The van der Waals surface area contributed by atoms with Gasteiger partial charge in [-0.05, 0) is 19.1 Å². The van der Waals surface area contributed by atoms with E-state index in [1.54, 1.807) is 20.0 Å². The number of nitrogens with zero attached hydrogens (tertiary/aromatic N) is 1. The summed E-state index contributed by atoms with van der Waals surface area (Å²) in [6.45, 7) is 1.69. The van der Waals surface area contributed by atoms with Crippen LogP contribution in [0.2, 0.25) is 0 Å². The van der Waals surface area contributed by atoms with Crippen molar-refractivity contribution in [3.05, 3.63) is 29.6 Å². The molecule has 1 amide bonds. The van der Waals surface area contributed by atoms with E-state index in [1.165, 1.54) is 24.1 Å². The fourth-order valence-electron chi connectivity index (χ4n) is 1.93. The second kappa shape index (κ2) is 3.03. The minimum Gasteiger partial charge on any atom is -0.364 e. The van der Waals surface area contributed by atoms with E-state index in [9.17, 15) is 9.18 Å². The van der Waals surface area contributed by atoms with Crippen LogP contribution in [-0.2, 0) is 15.1 Å². The Kier molecular flexibility index (Phi) is 2.04. The maximum atomic E-state index is 13.0. The Morgan fingerprint density at radius 3 is 2.73 bits per heavy atom. The first-order valence-corrected chi connectivity index (χ1v) is 4.64. The topological polar surface area (TPSA) is 29.5 Å². The van der Waals surface area contributed by atoms with Crippen molar-refractivity contribution in [2.45, 2.75) is 12.5 Å². The van der Waals surface area contributed by atoms with Gasteiger partial charge in [0.15, 0.2) is 5.60 Å². The minimum atomic E-state index is -0.988. The number of ether oxygens (including phenoxy) is 1. The molecule has 1 aromatic rings. The van der Waals surface area contributed by atoms with Gasteiger partial charge in [-0.3, -0.25) is 4.79 Å². The number of hydrogen-bond donors (Lipinski definition) is 0. The molecule has 0 N–H and O–H groups in total. The van der Waals surface area contributed by atoms with Crippen molar-refractivity contribution in [2.24, 2.45) is 0 Å². The van der Waals surface area contributed by atoms with Gasteiger partial charge in [0.05, 0.1) is 5.69 Å². The number of carbonyl (C=O) groups excluding carboxylic acids is 1. The molecule has 0 spiro atoms. The molecule has 15 heavy (non-hydrogen) atoms. The smallest absolute Gasteiger partial charge is 0.263 e. The molecule has 80 valence electrons. The van der Waals surface area contributed by atoms with Crippen LogP contribution in [-0.4, -0.2) is 20.1 Å². The zero-order chi connectivity index (χ0) is 11.2. The van der Waals surface area contributed by atoms with E-state index in [-0.39, 0.29) is 11.7 Å². The van der Waals surface area contributed by atoms with Crippen molar-refractivity contribution in [1.29, 1.82) is 0 Å². The molecule has 0 radical (unpaired) electrons. The second-order valence-electron chi connectivity index (χ2n) is 3.76. The summed E-state index contributed by atoms with van der Waals surface area (Å²) in [6.07, 6.45) is 0.